The molecule has 18 heavy (non-hydrogen) atoms. The maximum atomic E-state index is 10.3. The highest BCUT2D eigenvalue weighted by molar-refractivity contribution is 5.73. The van der Waals surface area contributed by atoms with E-state index in [2.05, 4.69) is 31.2 Å². The van der Waals surface area contributed by atoms with Gasteiger partial charge in [0.1, 0.15) is 6.29 Å². The number of benzene rings is 1. The third kappa shape index (κ3) is 3.32. The lowest BCUT2D eigenvalue weighted by Crippen LogP contribution is -2.12. The van der Waals surface area contributed by atoms with E-state index in [1.807, 2.05) is 6.08 Å². The van der Waals surface area contributed by atoms with Crippen LogP contribution in [0, 0.1) is 5.92 Å². The fourth-order valence-electron chi connectivity index (χ4n) is 2.93. The van der Waals surface area contributed by atoms with Crippen LogP contribution >= 0.6 is 0 Å². The van der Waals surface area contributed by atoms with Crippen molar-refractivity contribution in [3.8, 4) is 0 Å². The number of allylic oxidation sites excluding steroid dienone is 1. The molecule has 2 rings (SSSR count). The number of carbonyl (C=O) groups is 1. The van der Waals surface area contributed by atoms with Gasteiger partial charge in [0.15, 0.2) is 0 Å². The molecule has 96 valence electrons. The largest absolute Gasteiger partial charge is 0.299 e. The maximum Gasteiger partial charge on any atom is 0.142 e. The van der Waals surface area contributed by atoms with Crippen LogP contribution in [0.15, 0.2) is 30.3 Å². The minimum Gasteiger partial charge on any atom is -0.299 e. The van der Waals surface area contributed by atoms with E-state index >= 15 is 0 Å². The number of carbonyl (C=O) groups excluding carboxylic acids is 1. The molecule has 1 heteroatoms. The summed E-state index contributed by atoms with van der Waals surface area (Å²) in [5, 5.41) is 0. The topological polar surface area (TPSA) is 17.1 Å². The molecule has 1 saturated carbocycles. The molecule has 1 fully saturated rings. The molecule has 0 radical (unpaired) electrons. The van der Waals surface area contributed by atoms with Crippen LogP contribution in [0.5, 0.6) is 0 Å². The van der Waals surface area contributed by atoms with E-state index in [0.717, 1.165) is 23.7 Å². The molecule has 0 aromatic heterocycles. The van der Waals surface area contributed by atoms with Crippen molar-refractivity contribution in [3.63, 3.8) is 0 Å². The Hall–Kier alpha value is -1.37. The van der Waals surface area contributed by atoms with Crippen LogP contribution in [-0.4, -0.2) is 6.29 Å². The fraction of sp³-hybridized carbons (Fsp3) is 0.471. The van der Waals surface area contributed by atoms with Crippen LogP contribution in [0.25, 0.3) is 6.08 Å². The number of hydrogen-bond acceptors (Lipinski definition) is 1. The summed E-state index contributed by atoms with van der Waals surface area (Å²) in [4.78, 5) is 10.3. The second-order valence-electron chi connectivity index (χ2n) is 5.29. The van der Waals surface area contributed by atoms with E-state index in [4.69, 9.17) is 0 Å². The van der Waals surface area contributed by atoms with Crippen LogP contribution in [-0.2, 0) is 4.79 Å². The first-order valence-electron chi connectivity index (χ1n) is 7.05. The Morgan fingerprint density at radius 1 is 1.11 bits per heavy atom. The van der Waals surface area contributed by atoms with Gasteiger partial charge in [-0.3, -0.25) is 4.79 Å². The highest BCUT2D eigenvalue weighted by atomic mass is 16.1. The highest BCUT2D eigenvalue weighted by Gasteiger charge is 2.20. The third-order valence-corrected chi connectivity index (χ3v) is 4.20. The summed E-state index contributed by atoms with van der Waals surface area (Å²) >= 11 is 0. The van der Waals surface area contributed by atoms with Gasteiger partial charge in [0.25, 0.3) is 0 Å². The first-order chi connectivity index (χ1) is 8.83. The van der Waals surface area contributed by atoms with E-state index in [9.17, 15) is 4.79 Å². The van der Waals surface area contributed by atoms with Crippen molar-refractivity contribution < 1.29 is 4.79 Å². The zero-order chi connectivity index (χ0) is 12.8. The van der Waals surface area contributed by atoms with Gasteiger partial charge in [0.2, 0.25) is 0 Å². The Kier molecular flexibility index (Phi) is 4.74. The maximum absolute atomic E-state index is 10.3. The standard InChI is InChI=1S/C17H22O/c1-2-14-5-9-16(10-6-14)17-11-7-15(8-12-17)4-3-13-18/h3-4,7-8,11-14,16H,2,5-6,9-10H2,1H3/b4-3+. The van der Waals surface area contributed by atoms with Crippen LogP contribution in [0.3, 0.4) is 0 Å². The lowest BCUT2D eigenvalue weighted by atomic mass is 9.78. The molecule has 1 aliphatic rings. The predicted molar refractivity (Wildman–Crippen MR) is 76.5 cm³/mol. The first kappa shape index (κ1) is 13.1. The Labute approximate surface area is 110 Å². The lowest BCUT2D eigenvalue weighted by molar-refractivity contribution is -0.104. The van der Waals surface area contributed by atoms with E-state index < -0.39 is 0 Å². The van der Waals surface area contributed by atoms with Crippen molar-refractivity contribution in [2.24, 2.45) is 5.92 Å². The lowest BCUT2D eigenvalue weighted by Gasteiger charge is -2.28. The molecule has 0 N–H and O–H groups in total. The molecule has 1 aliphatic carbocycles. The minimum absolute atomic E-state index is 0.747. The van der Waals surface area contributed by atoms with Crippen molar-refractivity contribution in [1.29, 1.82) is 0 Å². The summed E-state index contributed by atoms with van der Waals surface area (Å²) in [5.41, 5.74) is 2.57. The minimum atomic E-state index is 0.747. The van der Waals surface area contributed by atoms with Gasteiger partial charge in [-0.25, -0.2) is 0 Å². The Morgan fingerprint density at radius 3 is 2.33 bits per heavy atom. The van der Waals surface area contributed by atoms with Gasteiger partial charge in [-0.05, 0) is 54.7 Å². The molecule has 0 bridgehead atoms. The molecule has 1 aromatic rings. The van der Waals surface area contributed by atoms with E-state index in [1.165, 1.54) is 37.7 Å². The van der Waals surface area contributed by atoms with Gasteiger partial charge in [-0.15, -0.1) is 0 Å². The van der Waals surface area contributed by atoms with Gasteiger partial charge in [-0.2, -0.15) is 0 Å². The van der Waals surface area contributed by atoms with Crippen molar-refractivity contribution in [3.05, 3.63) is 41.5 Å². The van der Waals surface area contributed by atoms with E-state index in [-0.39, 0.29) is 0 Å². The molecular weight excluding hydrogens is 220 g/mol. The van der Waals surface area contributed by atoms with Crippen LogP contribution < -0.4 is 0 Å². The van der Waals surface area contributed by atoms with E-state index in [1.54, 1.807) is 6.08 Å². The Bertz CT molecular complexity index is 394. The summed E-state index contributed by atoms with van der Waals surface area (Å²) in [6.45, 7) is 2.30. The summed E-state index contributed by atoms with van der Waals surface area (Å²) in [5.74, 6) is 1.70. The predicted octanol–water partition coefficient (Wildman–Crippen LogP) is 4.58. The second kappa shape index (κ2) is 6.53. The SMILES string of the molecule is CCC1CCC(c2ccc(/C=C/C=O)cc2)CC1. The van der Waals surface area contributed by atoms with Crippen LogP contribution in [0.2, 0.25) is 0 Å². The number of aldehydes is 1. The number of rotatable bonds is 4. The Morgan fingerprint density at radius 2 is 1.78 bits per heavy atom. The van der Waals surface area contributed by atoms with Crippen LogP contribution in [0.1, 0.15) is 56.1 Å². The van der Waals surface area contributed by atoms with Gasteiger partial charge in [0.05, 0.1) is 0 Å². The molecule has 0 aliphatic heterocycles. The van der Waals surface area contributed by atoms with Crippen LogP contribution in [0.4, 0.5) is 0 Å². The highest BCUT2D eigenvalue weighted by Crippen LogP contribution is 2.36. The molecule has 1 nitrogen and oxygen atoms in total. The van der Waals surface area contributed by atoms with Gasteiger partial charge in [0, 0.05) is 0 Å². The van der Waals surface area contributed by atoms with Crippen molar-refractivity contribution in [2.45, 2.75) is 44.9 Å². The fourth-order valence-corrected chi connectivity index (χ4v) is 2.93. The van der Waals surface area contributed by atoms with Crippen molar-refractivity contribution in [1.82, 2.24) is 0 Å². The zero-order valence-electron chi connectivity index (χ0n) is 11.1. The van der Waals surface area contributed by atoms with Crippen molar-refractivity contribution in [2.75, 3.05) is 0 Å². The zero-order valence-corrected chi connectivity index (χ0v) is 11.1. The second-order valence-corrected chi connectivity index (χ2v) is 5.29. The smallest absolute Gasteiger partial charge is 0.142 e. The third-order valence-electron chi connectivity index (χ3n) is 4.20. The first-order valence-corrected chi connectivity index (χ1v) is 7.05. The van der Waals surface area contributed by atoms with Gasteiger partial charge >= 0.3 is 0 Å². The quantitative estimate of drug-likeness (QED) is 0.558. The summed E-state index contributed by atoms with van der Waals surface area (Å²) < 4.78 is 0. The molecule has 0 saturated heterocycles. The normalized spacial score (nSPS) is 24.3. The molecular formula is C17H22O. The molecule has 0 atom stereocenters. The summed E-state index contributed by atoms with van der Waals surface area (Å²) in [6.07, 6.45) is 11.0. The molecule has 0 spiro atoms. The molecule has 0 unspecified atom stereocenters. The summed E-state index contributed by atoms with van der Waals surface area (Å²) in [6, 6.07) is 8.67. The Balaban J connectivity index is 1.97. The summed E-state index contributed by atoms with van der Waals surface area (Å²) in [7, 11) is 0. The molecule has 1 aromatic carbocycles. The van der Waals surface area contributed by atoms with Gasteiger partial charge in [-0.1, -0.05) is 43.7 Å². The number of hydrogen-bond donors (Lipinski definition) is 0. The average Bonchev–Trinajstić information content (AvgIpc) is 2.46. The average molecular weight is 242 g/mol. The monoisotopic (exact) mass is 242 g/mol. The van der Waals surface area contributed by atoms with Gasteiger partial charge < -0.3 is 0 Å². The molecule has 0 heterocycles. The van der Waals surface area contributed by atoms with Crippen molar-refractivity contribution >= 4 is 12.4 Å². The van der Waals surface area contributed by atoms with E-state index in [0.29, 0.717) is 0 Å². The molecule has 0 amide bonds.